The lowest BCUT2D eigenvalue weighted by molar-refractivity contribution is -0.178. The molecule has 0 aromatic heterocycles. The van der Waals surface area contributed by atoms with Crippen molar-refractivity contribution in [3.63, 3.8) is 0 Å². The molecule has 0 atom stereocenters. The van der Waals surface area contributed by atoms with E-state index in [4.69, 9.17) is 14.6 Å². The average Bonchev–Trinajstić information content (AvgIpc) is 1.97. The van der Waals surface area contributed by atoms with Crippen molar-refractivity contribution >= 4 is 12.1 Å². The highest BCUT2D eigenvalue weighted by molar-refractivity contribution is 5.77. The molecule has 0 spiro atoms. The second-order valence-electron chi connectivity index (χ2n) is 4.93. The number of hydrogen-bond acceptors (Lipinski definition) is 4. The molecule has 6 nitrogen and oxygen atoms in total. The zero-order valence-corrected chi connectivity index (χ0v) is 9.70. The van der Waals surface area contributed by atoms with E-state index < -0.39 is 23.1 Å². The zero-order valence-electron chi connectivity index (χ0n) is 9.70. The summed E-state index contributed by atoms with van der Waals surface area (Å²) in [7, 11) is 0. The van der Waals surface area contributed by atoms with Crippen LogP contribution in [0, 0.1) is 5.41 Å². The van der Waals surface area contributed by atoms with E-state index in [0.29, 0.717) is 0 Å². The summed E-state index contributed by atoms with van der Waals surface area (Å²) in [5, 5.41) is 11.4. The third kappa shape index (κ3) is 3.10. The van der Waals surface area contributed by atoms with Crippen LogP contribution in [0.3, 0.4) is 0 Å². The quantitative estimate of drug-likeness (QED) is 0.743. The molecular weight excluding hydrogens is 214 g/mol. The predicted octanol–water partition coefficient (Wildman–Crippen LogP) is 0.612. The number of nitrogens with one attached hydrogen (secondary N) is 1. The Hall–Kier alpha value is -1.30. The maximum atomic E-state index is 11.3. The standard InChI is InChI=1S/C10H17NO5/c1-9(2,3)16-8(14)11-4-10(7(12)13)5-15-6-10/h4-6H2,1-3H3,(H,11,14)(H,12,13). The second kappa shape index (κ2) is 4.29. The van der Waals surface area contributed by atoms with Crippen molar-refractivity contribution in [2.24, 2.45) is 5.41 Å². The number of carboxylic acid groups (broad SMARTS) is 1. The first-order chi connectivity index (χ1) is 7.25. The first-order valence-corrected chi connectivity index (χ1v) is 5.03. The minimum atomic E-state index is -0.989. The van der Waals surface area contributed by atoms with E-state index >= 15 is 0 Å². The third-order valence-electron chi connectivity index (χ3n) is 2.18. The molecule has 0 unspecified atom stereocenters. The Bertz CT molecular complexity index is 290. The van der Waals surface area contributed by atoms with Gasteiger partial charge in [0.15, 0.2) is 0 Å². The van der Waals surface area contributed by atoms with Crippen LogP contribution >= 0.6 is 0 Å². The topological polar surface area (TPSA) is 84.9 Å². The number of hydrogen-bond donors (Lipinski definition) is 2. The highest BCUT2D eigenvalue weighted by Crippen LogP contribution is 2.26. The summed E-state index contributed by atoms with van der Waals surface area (Å²) in [5.41, 5.74) is -1.58. The lowest BCUT2D eigenvalue weighted by Crippen LogP contribution is -2.56. The predicted molar refractivity (Wildman–Crippen MR) is 55.1 cm³/mol. The molecule has 1 heterocycles. The van der Waals surface area contributed by atoms with Gasteiger partial charge in [0.05, 0.1) is 13.2 Å². The summed E-state index contributed by atoms with van der Waals surface area (Å²) >= 11 is 0. The molecular formula is C10H17NO5. The van der Waals surface area contributed by atoms with Crippen molar-refractivity contribution in [1.82, 2.24) is 5.32 Å². The van der Waals surface area contributed by atoms with Gasteiger partial charge in [-0.2, -0.15) is 0 Å². The Labute approximate surface area is 93.9 Å². The first-order valence-electron chi connectivity index (χ1n) is 5.03. The molecule has 0 aromatic carbocycles. The van der Waals surface area contributed by atoms with Crippen molar-refractivity contribution in [3.05, 3.63) is 0 Å². The van der Waals surface area contributed by atoms with Crippen molar-refractivity contribution in [2.45, 2.75) is 26.4 Å². The summed E-state index contributed by atoms with van der Waals surface area (Å²) in [6.45, 7) is 5.50. The number of carbonyl (C=O) groups excluding carboxylic acids is 1. The molecule has 1 rings (SSSR count). The van der Waals surface area contributed by atoms with E-state index in [-0.39, 0.29) is 19.8 Å². The molecule has 0 bridgehead atoms. The fourth-order valence-corrected chi connectivity index (χ4v) is 1.21. The van der Waals surface area contributed by atoms with Crippen LogP contribution in [0.5, 0.6) is 0 Å². The van der Waals surface area contributed by atoms with Crippen LogP contribution in [0.4, 0.5) is 4.79 Å². The number of carboxylic acids is 1. The number of rotatable bonds is 3. The average molecular weight is 231 g/mol. The van der Waals surface area contributed by atoms with Gasteiger partial charge in [-0.3, -0.25) is 4.79 Å². The minimum Gasteiger partial charge on any atom is -0.481 e. The highest BCUT2D eigenvalue weighted by Gasteiger charge is 2.46. The molecule has 0 aliphatic carbocycles. The normalized spacial score (nSPS) is 18.4. The van der Waals surface area contributed by atoms with Gasteiger partial charge >= 0.3 is 12.1 Å². The van der Waals surface area contributed by atoms with Gasteiger partial charge in [0.1, 0.15) is 11.0 Å². The number of amides is 1. The molecule has 2 N–H and O–H groups in total. The molecule has 1 amide bonds. The fourth-order valence-electron chi connectivity index (χ4n) is 1.21. The first kappa shape index (κ1) is 12.8. The van der Waals surface area contributed by atoms with Crippen molar-refractivity contribution in [2.75, 3.05) is 19.8 Å². The van der Waals surface area contributed by atoms with Gasteiger partial charge in [0.2, 0.25) is 0 Å². The lowest BCUT2D eigenvalue weighted by Gasteiger charge is -2.37. The van der Waals surface area contributed by atoms with E-state index in [2.05, 4.69) is 5.32 Å². The molecule has 1 fully saturated rings. The van der Waals surface area contributed by atoms with Gasteiger partial charge in [-0.05, 0) is 20.8 Å². The van der Waals surface area contributed by atoms with Crippen LogP contribution in [0.15, 0.2) is 0 Å². The molecule has 1 saturated heterocycles. The van der Waals surface area contributed by atoms with Crippen LogP contribution < -0.4 is 5.32 Å². The third-order valence-corrected chi connectivity index (χ3v) is 2.18. The second-order valence-corrected chi connectivity index (χ2v) is 4.93. The molecule has 16 heavy (non-hydrogen) atoms. The maximum absolute atomic E-state index is 11.3. The van der Waals surface area contributed by atoms with Gasteiger partial charge < -0.3 is 19.9 Å². The van der Waals surface area contributed by atoms with Crippen molar-refractivity contribution in [1.29, 1.82) is 0 Å². The number of ether oxygens (including phenoxy) is 2. The largest absolute Gasteiger partial charge is 0.481 e. The van der Waals surface area contributed by atoms with Gasteiger partial charge in [0, 0.05) is 6.54 Å². The molecule has 0 aromatic rings. The van der Waals surface area contributed by atoms with Gasteiger partial charge in [-0.15, -0.1) is 0 Å². The Balaban J connectivity index is 2.39. The maximum Gasteiger partial charge on any atom is 0.407 e. The molecule has 6 heteroatoms. The highest BCUT2D eigenvalue weighted by atomic mass is 16.6. The van der Waals surface area contributed by atoms with Crippen LogP contribution in [0.1, 0.15) is 20.8 Å². The fraction of sp³-hybridized carbons (Fsp3) is 0.800. The molecule has 92 valence electrons. The van der Waals surface area contributed by atoms with Gasteiger partial charge in [-0.25, -0.2) is 4.79 Å². The van der Waals surface area contributed by atoms with E-state index in [1.54, 1.807) is 20.8 Å². The van der Waals surface area contributed by atoms with E-state index in [1.807, 2.05) is 0 Å². The molecule has 1 aliphatic rings. The molecule has 0 radical (unpaired) electrons. The zero-order chi connectivity index (χ0) is 12.4. The van der Waals surface area contributed by atoms with Crippen molar-refractivity contribution in [3.8, 4) is 0 Å². The monoisotopic (exact) mass is 231 g/mol. The van der Waals surface area contributed by atoms with Crippen LogP contribution in [-0.4, -0.2) is 42.5 Å². The van der Waals surface area contributed by atoms with E-state index in [0.717, 1.165) is 0 Å². The van der Waals surface area contributed by atoms with Crippen LogP contribution in [0.2, 0.25) is 0 Å². The van der Waals surface area contributed by atoms with Gasteiger partial charge in [0.25, 0.3) is 0 Å². The Kier molecular flexibility index (Phi) is 3.42. The SMILES string of the molecule is CC(C)(C)OC(=O)NCC1(C(=O)O)COC1. The Morgan fingerprint density at radius 3 is 2.31 bits per heavy atom. The van der Waals surface area contributed by atoms with Crippen molar-refractivity contribution < 1.29 is 24.2 Å². The smallest absolute Gasteiger partial charge is 0.407 e. The Morgan fingerprint density at radius 2 is 2.00 bits per heavy atom. The van der Waals surface area contributed by atoms with Crippen LogP contribution in [0.25, 0.3) is 0 Å². The number of carbonyl (C=O) groups is 2. The van der Waals surface area contributed by atoms with Crippen LogP contribution in [-0.2, 0) is 14.3 Å². The summed E-state index contributed by atoms with van der Waals surface area (Å²) in [6.07, 6.45) is -0.611. The lowest BCUT2D eigenvalue weighted by atomic mass is 9.86. The Morgan fingerprint density at radius 1 is 1.44 bits per heavy atom. The summed E-state index contributed by atoms with van der Waals surface area (Å²) in [4.78, 5) is 22.2. The minimum absolute atomic E-state index is 0.0250. The van der Waals surface area contributed by atoms with E-state index in [1.165, 1.54) is 0 Å². The number of aliphatic carboxylic acids is 1. The summed E-state index contributed by atoms with van der Waals surface area (Å²) in [6, 6.07) is 0. The van der Waals surface area contributed by atoms with Gasteiger partial charge in [-0.1, -0.05) is 0 Å². The number of alkyl carbamates (subject to hydrolysis) is 1. The summed E-state index contributed by atoms with van der Waals surface area (Å²) < 4.78 is 9.86. The molecule has 1 aliphatic heterocycles. The van der Waals surface area contributed by atoms with E-state index in [9.17, 15) is 9.59 Å². The molecule has 0 saturated carbocycles. The summed E-state index contributed by atoms with van der Waals surface area (Å²) in [5.74, 6) is -0.963.